The number of amides is 1. The number of fused-ring (bicyclic) bond motifs is 1. The van der Waals surface area contributed by atoms with Gasteiger partial charge in [-0.1, -0.05) is 12.1 Å². The Kier molecular flexibility index (Phi) is 6.23. The third kappa shape index (κ3) is 4.91. The molecular formula is C24H28F3N5O. The number of alkyl halides is 3. The van der Waals surface area contributed by atoms with Crippen molar-refractivity contribution in [3.05, 3.63) is 59.9 Å². The van der Waals surface area contributed by atoms with Crippen LogP contribution in [0.1, 0.15) is 41.7 Å². The lowest BCUT2D eigenvalue weighted by Gasteiger charge is -2.36. The summed E-state index contributed by atoms with van der Waals surface area (Å²) in [5, 5.41) is 3.13. The van der Waals surface area contributed by atoms with Crippen LogP contribution in [0.15, 0.2) is 48.7 Å². The fourth-order valence-corrected chi connectivity index (χ4v) is 4.41. The molecule has 0 saturated heterocycles. The summed E-state index contributed by atoms with van der Waals surface area (Å²) >= 11 is 0. The Morgan fingerprint density at radius 1 is 1.06 bits per heavy atom. The molecule has 1 aliphatic rings. The maximum atomic E-state index is 13.1. The summed E-state index contributed by atoms with van der Waals surface area (Å²) in [6.07, 6.45) is -0.157. The number of benzene rings is 1. The highest BCUT2D eigenvalue weighted by atomic mass is 19.4. The Bertz CT molecular complexity index is 1130. The minimum atomic E-state index is -4.48. The van der Waals surface area contributed by atoms with Gasteiger partial charge in [0.2, 0.25) is 0 Å². The highest BCUT2D eigenvalue weighted by Gasteiger charge is 2.34. The summed E-state index contributed by atoms with van der Waals surface area (Å²) < 4.78 is 40.9. The number of halogens is 3. The van der Waals surface area contributed by atoms with Gasteiger partial charge < -0.3 is 15.1 Å². The fourth-order valence-electron chi connectivity index (χ4n) is 4.41. The van der Waals surface area contributed by atoms with Crippen LogP contribution in [-0.2, 0) is 6.18 Å². The fraction of sp³-hybridized carbons (Fsp3) is 0.417. The highest BCUT2D eigenvalue weighted by molar-refractivity contribution is 5.95. The van der Waals surface area contributed by atoms with E-state index in [0.717, 1.165) is 37.6 Å². The quantitative estimate of drug-likeness (QED) is 0.606. The van der Waals surface area contributed by atoms with Crippen LogP contribution in [0, 0.1) is 0 Å². The zero-order chi connectivity index (χ0) is 23.8. The van der Waals surface area contributed by atoms with Crippen LogP contribution < -0.4 is 15.1 Å². The van der Waals surface area contributed by atoms with E-state index < -0.39 is 11.9 Å². The monoisotopic (exact) mass is 459 g/mol. The summed E-state index contributed by atoms with van der Waals surface area (Å²) in [5.74, 6) is 0.585. The first kappa shape index (κ1) is 22.9. The van der Waals surface area contributed by atoms with Gasteiger partial charge in [0, 0.05) is 50.7 Å². The molecule has 6 nitrogen and oxygen atoms in total. The van der Waals surface area contributed by atoms with Crippen LogP contribution in [-0.4, -0.2) is 48.5 Å². The van der Waals surface area contributed by atoms with Crippen LogP contribution in [0.2, 0.25) is 0 Å². The minimum Gasteiger partial charge on any atom is -0.378 e. The maximum absolute atomic E-state index is 13.1. The Morgan fingerprint density at radius 3 is 2.42 bits per heavy atom. The van der Waals surface area contributed by atoms with Gasteiger partial charge in [0.1, 0.15) is 11.5 Å². The number of anilines is 2. The van der Waals surface area contributed by atoms with Crippen molar-refractivity contribution < 1.29 is 18.0 Å². The lowest BCUT2D eigenvalue weighted by atomic mass is 9.90. The second-order valence-electron chi connectivity index (χ2n) is 8.77. The molecule has 1 saturated carbocycles. The van der Waals surface area contributed by atoms with Crippen molar-refractivity contribution in [2.24, 2.45) is 0 Å². The van der Waals surface area contributed by atoms with Crippen molar-refractivity contribution in [3.8, 4) is 0 Å². The lowest BCUT2D eigenvalue weighted by Crippen LogP contribution is -2.43. The summed E-state index contributed by atoms with van der Waals surface area (Å²) in [4.78, 5) is 20.4. The molecule has 4 rings (SSSR count). The van der Waals surface area contributed by atoms with Crippen LogP contribution in [0.3, 0.4) is 0 Å². The van der Waals surface area contributed by atoms with E-state index >= 15 is 0 Å². The van der Waals surface area contributed by atoms with E-state index in [0.29, 0.717) is 11.4 Å². The molecule has 3 aromatic rings. The average molecular weight is 460 g/mol. The smallest absolute Gasteiger partial charge is 0.378 e. The van der Waals surface area contributed by atoms with Crippen molar-refractivity contribution in [2.75, 3.05) is 30.9 Å². The first-order valence-electron chi connectivity index (χ1n) is 11.0. The van der Waals surface area contributed by atoms with Crippen molar-refractivity contribution in [2.45, 2.75) is 43.9 Å². The van der Waals surface area contributed by atoms with Crippen molar-refractivity contribution in [1.29, 1.82) is 0 Å². The minimum absolute atomic E-state index is 0.0750. The SMILES string of the molecule is CN(C)c1cccc(C(=O)N[C@H]2CC[C@@H](N(C)c3cccc4nc(C(F)(F)F)cn34)CC2)c1. The highest BCUT2D eigenvalue weighted by Crippen LogP contribution is 2.31. The van der Waals surface area contributed by atoms with Gasteiger partial charge >= 0.3 is 6.18 Å². The molecule has 0 radical (unpaired) electrons. The molecule has 1 aromatic carbocycles. The van der Waals surface area contributed by atoms with E-state index in [9.17, 15) is 18.0 Å². The Balaban J connectivity index is 1.40. The van der Waals surface area contributed by atoms with Crippen LogP contribution >= 0.6 is 0 Å². The molecule has 1 amide bonds. The first-order valence-corrected chi connectivity index (χ1v) is 11.0. The van der Waals surface area contributed by atoms with Crippen LogP contribution in [0.5, 0.6) is 0 Å². The summed E-state index contributed by atoms with van der Waals surface area (Å²) in [5.41, 5.74) is 0.976. The molecule has 176 valence electrons. The number of nitrogens with zero attached hydrogens (tertiary/aromatic N) is 4. The topological polar surface area (TPSA) is 52.9 Å². The lowest BCUT2D eigenvalue weighted by molar-refractivity contribution is -0.140. The molecule has 9 heteroatoms. The zero-order valence-electron chi connectivity index (χ0n) is 18.9. The summed E-state index contributed by atoms with van der Waals surface area (Å²) in [6, 6.07) is 12.8. The molecule has 2 heterocycles. The number of imidazole rings is 1. The zero-order valence-corrected chi connectivity index (χ0v) is 18.9. The average Bonchev–Trinajstić information content (AvgIpc) is 3.24. The van der Waals surface area contributed by atoms with Crippen molar-refractivity contribution in [1.82, 2.24) is 14.7 Å². The molecule has 1 aliphatic carbocycles. The number of carbonyl (C=O) groups is 1. The second-order valence-corrected chi connectivity index (χ2v) is 8.77. The Hall–Kier alpha value is -3.23. The molecule has 0 atom stereocenters. The maximum Gasteiger partial charge on any atom is 0.434 e. The van der Waals surface area contributed by atoms with Crippen molar-refractivity contribution in [3.63, 3.8) is 0 Å². The van der Waals surface area contributed by atoms with Crippen LogP contribution in [0.4, 0.5) is 24.7 Å². The number of aromatic nitrogens is 2. The third-order valence-corrected chi connectivity index (χ3v) is 6.33. The number of carbonyl (C=O) groups excluding carboxylic acids is 1. The van der Waals surface area contributed by atoms with Gasteiger partial charge in [0.05, 0.1) is 0 Å². The number of pyridine rings is 1. The first-order chi connectivity index (χ1) is 15.6. The third-order valence-electron chi connectivity index (χ3n) is 6.33. The molecule has 33 heavy (non-hydrogen) atoms. The van der Waals surface area contributed by atoms with Gasteiger partial charge in [-0.25, -0.2) is 4.98 Å². The Labute approximate surface area is 191 Å². The predicted molar refractivity (Wildman–Crippen MR) is 123 cm³/mol. The predicted octanol–water partition coefficient (Wildman–Crippen LogP) is 4.60. The molecule has 0 spiro atoms. The standard InChI is InChI=1S/C24H28F3N5O/c1-30(2)19-7-4-6-16(14-19)23(33)28-17-10-12-18(13-11-17)31(3)22-9-5-8-21-29-20(15-32(21)22)24(25,26)27/h4-9,14-15,17-18H,10-13H2,1-3H3,(H,28,33)/t17-,18+. The van der Waals surface area contributed by atoms with Gasteiger partial charge in [-0.05, 0) is 56.0 Å². The summed E-state index contributed by atoms with van der Waals surface area (Å²) in [7, 11) is 5.77. The van der Waals surface area contributed by atoms with E-state index in [2.05, 4.69) is 10.3 Å². The number of hydrogen-bond acceptors (Lipinski definition) is 4. The van der Waals surface area contributed by atoms with Gasteiger partial charge in [0.15, 0.2) is 5.69 Å². The van der Waals surface area contributed by atoms with E-state index in [1.54, 1.807) is 18.2 Å². The molecule has 0 bridgehead atoms. The van der Waals surface area contributed by atoms with Gasteiger partial charge in [-0.15, -0.1) is 0 Å². The molecule has 1 N–H and O–H groups in total. The molecule has 0 aliphatic heterocycles. The molecule has 0 unspecified atom stereocenters. The largest absolute Gasteiger partial charge is 0.434 e. The number of hydrogen-bond donors (Lipinski definition) is 1. The van der Waals surface area contributed by atoms with Gasteiger partial charge in [0.25, 0.3) is 5.91 Å². The van der Waals surface area contributed by atoms with Gasteiger partial charge in [-0.3, -0.25) is 9.20 Å². The van der Waals surface area contributed by atoms with E-state index in [-0.39, 0.29) is 23.6 Å². The molecule has 1 fully saturated rings. The number of rotatable bonds is 5. The Morgan fingerprint density at radius 2 is 1.76 bits per heavy atom. The van der Waals surface area contributed by atoms with E-state index in [4.69, 9.17) is 0 Å². The van der Waals surface area contributed by atoms with E-state index in [1.165, 1.54) is 4.40 Å². The number of nitrogens with one attached hydrogen (secondary N) is 1. The van der Waals surface area contributed by atoms with Crippen LogP contribution in [0.25, 0.3) is 5.65 Å². The van der Waals surface area contributed by atoms with Crippen molar-refractivity contribution >= 4 is 23.1 Å². The summed E-state index contributed by atoms with van der Waals surface area (Å²) in [6.45, 7) is 0. The normalized spacial score (nSPS) is 18.8. The van der Waals surface area contributed by atoms with E-state index in [1.807, 2.05) is 55.2 Å². The second kappa shape index (κ2) is 8.96. The van der Waals surface area contributed by atoms with Gasteiger partial charge in [-0.2, -0.15) is 13.2 Å². The molecule has 2 aromatic heterocycles. The molecular weight excluding hydrogens is 431 g/mol.